The Bertz CT molecular complexity index is 1100. The lowest BCUT2D eigenvalue weighted by molar-refractivity contribution is -0.837. The molecule has 2 aliphatic heterocycles. The largest absolute Gasteiger partial charge is 0.419 e. The van der Waals surface area contributed by atoms with Gasteiger partial charge in [-0.3, -0.25) is 4.90 Å². The molecule has 2 aromatic rings. The zero-order valence-electron chi connectivity index (χ0n) is 18.3. The number of carbonyl (C=O) groups is 1. The van der Waals surface area contributed by atoms with Crippen LogP contribution in [0.5, 0.6) is 0 Å². The van der Waals surface area contributed by atoms with Gasteiger partial charge in [-0.15, -0.1) is 0 Å². The minimum Gasteiger partial charge on any atom is -0.353 e. The average molecular weight is 524 g/mol. The summed E-state index contributed by atoms with van der Waals surface area (Å²) in [5.41, 5.74) is 0. The Hall–Kier alpha value is -2.08. The molecule has 0 N–H and O–H groups in total. The van der Waals surface area contributed by atoms with Crippen molar-refractivity contribution in [2.75, 3.05) is 64.3 Å². The molecule has 0 spiro atoms. The smallest absolute Gasteiger partial charge is 0.353 e. The number of urea groups is 1. The van der Waals surface area contributed by atoms with Gasteiger partial charge in [-0.05, 0) is 41.1 Å². The van der Waals surface area contributed by atoms with Crippen LogP contribution in [-0.4, -0.2) is 97.5 Å². The zero-order chi connectivity index (χ0) is 22.9. The first kappa shape index (κ1) is 23.1. The maximum absolute atomic E-state index is 13.3. The van der Waals surface area contributed by atoms with Gasteiger partial charge in [0.05, 0.1) is 25.0 Å². The molecular formula is C21H28BrN6O3S+. The number of anilines is 1. The van der Waals surface area contributed by atoms with Crippen molar-refractivity contribution in [1.82, 2.24) is 19.2 Å². The van der Waals surface area contributed by atoms with E-state index in [1.807, 2.05) is 24.9 Å². The first-order valence-corrected chi connectivity index (χ1v) is 12.9. The Morgan fingerprint density at radius 1 is 1.03 bits per heavy atom. The highest BCUT2D eigenvalue weighted by Gasteiger charge is 2.43. The number of piperazine rings is 2. The van der Waals surface area contributed by atoms with Crippen LogP contribution in [0.25, 0.3) is 0 Å². The van der Waals surface area contributed by atoms with E-state index in [0.29, 0.717) is 56.8 Å². The Labute approximate surface area is 197 Å². The van der Waals surface area contributed by atoms with Crippen LogP contribution in [0.1, 0.15) is 5.82 Å². The van der Waals surface area contributed by atoms with E-state index in [0.717, 1.165) is 11.6 Å². The van der Waals surface area contributed by atoms with E-state index < -0.39 is 10.0 Å². The number of likely N-dealkylation sites (N-methyl/N-ethyl adjacent to an activating group) is 1. The second-order valence-corrected chi connectivity index (χ2v) is 11.2. The number of nitrogens with zero attached hydrogens (tertiary/aromatic N) is 6. The van der Waals surface area contributed by atoms with Crippen LogP contribution < -0.4 is 4.90 Å². The molecule has 0 bridgehead atoms. The van der Waals surface area contributed by atoms with Crippen LogP contribution in [0.15, 0.2) is 45.9 Å². The maximum atomic E-state index is 13.3. The molecule has 2 amide bonds. The summed E-state index contributed by atoms with van der Waals surface area (Å²) < 4.78 is 28.4. The quantitative estimate of drug-likeness (QED) is 0.571. The van der Waals surface area contributed by atoms with Crippen molar-refractivity contribution in [3.05, 3.63) is 46.8 Å². The Balaban J connectivity index is 1.37. The van der Waals surface area contributed by atoms with E-state index >= 15 is 0 Å². The summed E-state index contributed by atoms with van der Waals surface area (Å²) in [5.74, 6) is 1.62. The van der Waals surface area contributed by atoms with Crippen LogP contribution in [0.4, 0.5) is 10.6 Å². The number of rotatable bonds is 3. The van der Waals surface area contributed by atoms with E-state index in [2.05, 4.69) is 30.8 Å². The van der Waals surface area contributed by atoms with Gasteiger partial charge in [-0.25, -0.2) is 27.7 Å². The number of quaternary nitrogens is 1. The molecule has 11 heteroatoms. The van der Waals surface area contributed by atoms with Gasteiger partial charge in [-0.2, -0.15) is 4.31 Å². The van der Waals surface area contributed by atoms with Crippen molar-refractivity contribution in [1.29, 1.82) is 0 Å². The van der Waals surface area contributed by atoms with E-state index in [1.165, 1.54) is 4.31 Å². The third-order valence-electron chi connectivity index (χ3n) is 6.24. The van der Waals surface area contributed by atoms with Gasteiger partial charge in [0.15, 0.2) is 0 Å². The summed E-state index contributed by atoms with van der Waals surface area (Å²) in [7, 11) is -1.69. The fourth-order valence-corrected chi connectivity index (χ4v) is 6.59. The molecule has 3 heterocycles. The van der Waals surface area contributed by atoms with Gasteiger partial charge in [0, 0.05) is 36.8 Å². The number of hydrogen-bond donors (Lipinski definition) is 0. The molecule has 2 saturated heterocycles. The minimum absolute atomic E-state index is 0.0569. The second-order valence-electron chi connectivity index (χ2n) is 8.40. The Morgan fingerprint density at radius 2 is 1.69 bits per heavy atom. The topological polar surface area (TPSA) is 86.7 Å². The summed E-state index contributed by atoms with van der Waals surface area (Å²) in [6.45, 7) is 6.06. The summed E-state index contributed by atoms with van der Waals surface area (Å²) in [4.78, 5) is 26.3. The lowest BCUT2D eigenvalue weighted by atomic mass is 10.2. The first-order valence-electron chi connectivity index (χ1n) is 10.6. The van der Waals surface area contributed by atoms with Crippen molar-refractivity contribution in [2.24, 2.45) is 0 Å². The molecule has 0 saturated carbocycles. The number of benzene rings is 1. The number of sulfonamides is 1. The standard InChI is InChI=1S/C21H28BrN6O3S/c1-17-23-8-7-20(24-17)25-9-11-26(12-10-25)21(29)28(2)15-13-27(14-16-28)32(30,31)19-6-4-3-5-18(19)22/h3-8H,9-16H2,1-2H3/q+1. The Kier molecular flexibility index (Phi) is 6.53. The van der Waals surface area contributed by atoms with Crippen molar-refractivity contribution in [2.45, 2.75) is 11.8 Å². The summed E-state index contributed by atoms with van der Waals surface area (Å²) in [6, 6.07) is 8.78. The molecule has 0 atom stereocenters. The molecule has 0 unspecified atom stereocenters. The van der Waals surface area contributed by atoms with Crippen molar-refractivity contribution >= 4 is 37.8 Å². The van der Waals surface area contributed by atoms with Crippen molar-refractivity contribution in [3.8, 4) is 0 Å². The van der Waals surface area contributed by atoms with Crippen LogP contribution >= 0.6 is 15.9 Å². The highest BCUT2D eigenvalue weighted by Crippen LogP contribution is 2.27. The second kappa shape index (κ2) is 9.05. The molecule has 172 valence electrons. The zero-order valence-corrected chi connectivity index (χ0v) is 20.7. The summed E-state index contributed by atoms with van der Waals surface area (Å²) in [6.07, 6.45) is 1.75. The van der Waals surface area contributed by atoms with Crippen LogP contribution in [0.3, 0.4) is 0 Å². The number of hydrogen-bond acceptors (Lipinski definition) is 6. The minimum atomic E-state index is -3.60. The van der Waals surface area contributed by atoms with Crippen LogP contribution in [-0.2, 0) is 10.0 Å². The summed E-state index contributed by atoms with van der Waals surface area (Å²) in [5, 5.41) is 0. The summed E-state index contributed by atoms with van der Waals surface area (Å²) >= 11 is 3.34. The van der Waals surface area contributed by atoms with Crippen LogP contribution in [0, 0.1) is 6.92 Å². The lowest BCUT2D eigenvalue weighted by Gasteiger charge is -2.43. The number of halogens is 1. The molecule has 1 aromatic heterocycles. The lowest BCUT2D eigenvalue weighted by Crippen LogP contribution is -2.66. The van der Waals surface area contributed by atoms with E-state index in [-0.39, 0.29) is 15.4 Å². The molecule has 2 fully saturated rings. The SMILES string of the molecule is Cc1nccc(N2CCN(C(=O)[N+]3(C)CCN(S(=O)(=O)c4ccccc4Br)CC3)CC2)n1. The van der Waals surface area contributed by atoms with Gasteiger partial charge in [0.2, 0.25) is 10.0 Å². The molecule has 2 aliphatic rings. The van der Waals surface area contributed by atoms with Crippen molar-refractivity contribution < 1.29 is 17.7 Å². The highest BCUT2D eigenvalue weighted by atomic mass is 79.9. The monoisotopic (exact) mass is 523 g/mol. The van der Waals surface area contributed by atoms with E-state index in [1.54, 1.807) is 30.5 Å². The maximum Gasteiger partial charge on any atom is 0.419 e. The van der Waals surface area contributed by atoms with E-state index in [9.17, 15) is 13.2 Å². The molecule has 0 radical (unpaired) electrons. The number of carbonyl (C=O) groups excluding carboxylic acids is 1. The van der Waals surface area contributed by atoms with Gasteiger partial charge in [-0.1, -0.05) is 12.1 Å². The number of aryl methyl sites for hydroxylation is 1. The van der Waals surface area contributed by atoms with Gasteiger partial charge < -0.3 is 4.90 Å². The number of amides is 2. The fraction of sp³-hybridized carbons (Fsp3) is 0.476. The Morgan fingerprint density at radius 3 is 2.31 bits per heavy atom. The molecular weight excluding hydrogens is 496 g/mol. The molecule has 4 rings (SSSR count). The van der Waals surface area contributed by atoms with Crippen LogP contribution in [0.2, 0.25) is 0 Å². The first-order chi connectivity index (χ1) is 15.2. The molecule has 1 aromatic carbocycles. The van der Waals surface area contributed by atoms with Gasteiger partial charge in [0.25, 0.3) is 0 Å². The van der Waals surface area contributed by atoms with Gasteiger partial charge in [0.1, 0.15) is 24.7 Å². The molecule has 9 nitrogen and oxygen atoms in total. The highest BCUT2D eigenvalue weighted by molar-refractivity contribution is 9.10. The van der Waals surface area contributed by atoms with E-state index in [4.69, 9.17) is 0 Å². The average Bonchev–Trinajstić information content (AvgIpc) is 2.79. The third kappa shape index (κ3) is 4.52. The molecule has 32 heavy (non-hydrogen) atoms. The third-order valence-corrected chi connectivity index (χ3v) is 9.15. The predicted octanol–water partition coefficient (Wildman–Crippen LogP) is 1.94. The predicted molar refractivity (Wildman–Crippen MR) is 125 cm³/mol. The fourth-order valence-electron chi connectivity index (χ4n) is 4.20. The normalized spacial score (nSPS) is 19.7. The molecule has 0 aliphatic carbocycles. The van der Waals surface area contributed by atoms with Gasteiger partial charge >= 0.3 is 6.03 Å². The van der Waals surface area contributed by atoms with Crippen molar-refractivity contribution in [3.63, 3.8) is 0 Å². The number of aromatic nitrogens is 2.